The molecule has 142 valence electrons. The molecule has 0 saturated carbocycles. The largest absolute Gasteiger partial charge is 0.452 e. The van der Waals surface area contributed by atoms with Crippen molar-refractivity contribution in [3.8, 4) is 0 Å². The second-order valence-electron chi connectivity index (χ2n) is 5.75. The maximum absolute atomic E-state index is 12.0. The van der Waals surface area contributed by atoms with Gasteiger partial charge in [0.2, 0.25) is 5.91 Å². The van der Waals surface area contributed by atoms with Gasteiger partial charge in [0.25, 0.3) is 5.91 Å². The SMILES string of the molecule is Cc1ccc(NC(=O)CN(C)C(=O)COC(=O)/C=C/c2ccc(I)o2)cc1. The van der Waals surface area contributed by atoms with Crippen molar-refractivity contribution in [3.63, 3.8) is 0 Å². The third kappa shape index (κ3) is 7.26. The lowest BCUT2D eigenvalue weighted by atomic mass is 10.2. The molecule has 0 aliphatic rings. The third-order valence-electron chi connectivity index (χ3n) is 3.46. The van der Waals surface area contributed by atoms with Crippen LogP contribution in [0.1, 0.15) is 11.3 Å². The van der Waals surface area contributed by atoms with E-state index in [9.17, 15) is 14.4 Å². The number of amides is 2. The molecule has 1 aromatic heterocycles. The van der Waals surface area contributed by atoms with E-state index in [1.54, 1.807) is 24.3 Å². The second-order valence-corrected chi connectivity index (χ2v) is 6.81. The van der Waals surface area contributed by atoms with Crippen LogP contribution in [-0.2, 0) is 19.1 Å². The number of nitrogens with one attached hydrogen (secondary N) is 1. The number of ether oxygens (including phenoxy) is 1. The first kappa shape index (κ1) is 20.7. The fourth-order valence-corrected chi connectivity index (χ4v) is 2.43. The van der Waals surface area contributed by atoms with E-state index in [0.29, 0.717) is 15.2 Å². The van der Waals surface area contributed by atoms with Crippen LogP contribution in [0, 0.1) is 10.7 Å². The first-order valence-electron chi connectivity index (χ1n) is 8.04. The minimum absolute atomic E-state index is 0.148. The minimum Gasteiger partial charge on any atom is -0.452 e. The molecule has 0 aliphatic heterocycles. The van der Waals surface area contributed by atoms with E-state index < -0.39 is 18.5 Å². The van der Waals surface area contributed by atoms with Gasteiger partial charge in [-0.2, -0.15) is 0 Å². The van der Waals surface area contributed by atoms with Crippen molar-refractivity contribution in [1.29, 1.82) is 0 Å². The lowest BCUT2D eigenvalue weighted by molar-refractivity contribution is -0.148. The molecule has 1 heterocycles. The summed E-state index contributed by atoms with van der Waals surface area (Å²) in [5.41, 5.74) is 1.73. The summed E-state index contributed by atoms with van der Waals surface area (Å²) in [7, 11) is 1.46. The number of furan rings is 1. The number of anilines is 1. The van der Waals surface area contributed by atoms with Gasteiger partial charge in [0.05, 0.1) is 6.54 Å². The zero-order chi connectivity index (χ0) is 19.8. The van der Waals surface area contributed by atoms with Gasteiger partial charge in [-0.05, 0) is 59.9 Å². The Hall–Kier alpha value is -2.62. The number of esters is 1. The van der Waals surface area contributed by atoms with E-state index in [1.807, 2.05) is 41.6 Å². The smallest absolute Gasteiger partial charge is 0.331 e. The molecule has 2 amide bonds. The van der Waals surface area contributed by atoms with Crippen molar-refractivity contribution in [2.24, 2.45) is 0 Å². The number of halogens is 1. The van der Waals surface area contributed by atoms with Crippen molar-refractivity contribution in [2.45, 2.75) is 6.92 Å². The van der Waals surface area contributed by atoms with Gasteiger partial charge >= 0.3 is 5.97 Å². The quantitative estimate of drug-likeness (QED) is 0.373. The average molecular weight is 482 g/mol. The molecule has 7 nitrogen and oxygen atoms in total. The maximum atomic E-state index is 12.0. The summed E-state index contributed by atoms with van der Waals surface area (Å²) in [5.74, 6) is -0.989. The number of carbonyl (C=O) groups excluding carboxylic acids is 3. The Morgan fingerprint density at radius 3 is 2.52 bits per heavy atom. The van der Waals surface area contributed by atoms with Crippen molar-refractivity contribution in [1.82, 2.24) is 4.90 Å². The highest BCUT2D eigenvalue weighted by Crippen LogP contribution is 2.11. The van der Waals surface area contributed by atoms with Crippen LogP contribution in [0.3, 0.4) is 0 Å². The molecular formula is C19H19IN2O5. The van der Waals surface area contributed by atoms with Crippen molar-refractivity contribution in [2.75, 3.05) is 25.5 Å². The number of carbonyl (C=O) groups is 3. The van der Waals surface area contributed by atoms with E-state index in [4.69, 9.17) is 9.15 Å². The third-order valence-corrected chi connectivity index (χ3v) is 4.04. The standard InChI is InChI=1S/C19H19IN2O5/c1-13-3-5-14(6-4-13)21-17(23)11-22(2)18(24)12-26-19(25)10-8-15-7-9-16(20)27-15/h3-10H,11-12H2,1-2H3,(H,21,23)/b10-8+. The van der Waals surface area contributed by atoms with Gasteiger partial charge in [-0.3, -0.25) is 9.59 Å². The predicted octanol–water partition coefficient (Wildman–Crippen LogP) is 2.85. The van der Waals surface area contributed by atoms with Gasteiger partial charge in [-0.25, -0.2) is 4.79 Å². The first-order chi connectivity index (χ1) is 12.8. The van der Waals surface area contributed by atoms with Gasteiger partial charge in [0.1, 0.15) is 5.76 Å². The summed E-state index contributed by atoms with van der Waals surface area (Å²) in [6.07, 6.45) is 2.62. The van der Waals surface area contributed by atoms with Crippen LogP contribution < -0.4 is 5.32 Å². The highest BCUT2D eigenvalue weighted by atomic mass is 127. The van der Waals surface area contributed by atoms with Crippen molar-refractivity contribution < 1.29 is 23.5 Å². The normalized spacial score (nSPS) is 10.6. The number of likely N-dealkylation sites (N-methyl/N-ethyl adjacent to an activating group) is 1. The first-order valence-corrected chi connectivity index (χ1v) is 9.12. The van der Waals surface area contributed by atoms with E-state index in [1.165, 1.54) is 24.1 Å². The molecule has 8 heteroatoms. The molecule has 0 saturated heterocycles. The predicted molar refractivity (Wildman–Crippen MR) is 109 cm³/mol. The zero-order valence-corrected chi connectivity index (χ0v) is 17.1. The van der Waals surface area contributed by atoms with E-state index in [0.717, 1.165) is 5.56 Å². The van der Waals surface area contributed by atoms with Crippen molar-refractivity contribution >= 4 is 52.1 Å². The Bertz CT molecular complexity index is 842. The van der Waals surface area contributed by atoms with Gasteiger partial charge in [-0.15, -0.1) is 0 Å². The zero-order valence-electron chi connectivity index (χ0n) is 14.9. The molecule has 27 heavy (non-hydrogen) atoms. The van der Waals surface area contributed by atoms with Crippen LogP contribution in [0.2, 0.25) is 0 Å². The summed E-state index contributed by atoms with van der Waals surface area (Å²) < 4.78 is 10.8. The van der Waals surface area contributed by atoms with Gasteiger partial charge < -0.3 is 19.4 Å². The molecule has 1 N–H and O–H groups in total. The highest BCUT2D eigenvalue weighted by molar-refractivity contribution is 14.1. The van der Waals surface area contributed by atoms with Gasteiger partial charge in [0, 0.05) is 18.8 Å². The van der Waals surface area contributed by atoms with Crippen LogP contribution in [0.15, 0.2) is 46.9 Å². The molecule has 2 aromatic rings. The maximum Gasteiger partial charge on any atom is 0.331 e. The Kier molecular flexibility index (Phi) is 7.59. The Balaban J connectivity index is 1.74. The lowest BCUT2D eigenvalue weighted by Crippen LogP contribution is -2.37. The van der Waals surface area contributed by atoms with Crippen molar-refractivity contribution in [3.05, 3.63) is 57.6 Å². The van der Waals surface area contributed by atoms with Crippen LogP contribution in [0.5, 0.6) is 0 Å². The average Bonchev–Trinajstić information content (AvgIpc) is 3.05. The van der Waals surface area contributed by atoms with E-state index >= 15 is 0 Å². The fourth-order valence-electron chi connectivity index (χ4n) is 2.00. The Morgan fingerprint density at radius 2 is 1.89 bits per heavy atom. The summed E-state index contributed by atoms with van der Waals surface area (Å²) >= 11 is 2.01. The van der Waals surface area contributed by atoms with Crippen LogP contribution in [0.25, 0.3) is 6.08 Å². The number of hydrogen-bond donors (Lipinski definition) is 1. The molecule has 0 fully saturated rings. The molecule has 0 unspecified atom stereocenters. The summed E-state index contributed by atoms with van der Waals surface area (Å²) in [6.45, 7) is 1.35. The van der Waals surface area contributed by atoms with E-state index in [-0.39, 0.29) is 12.5 Å². The lowest BCUT2D eigenvalue weighted by Gasteiger charge is -2.16. The molecule has 2 rings (SSSR count). The number of rotatable bonds is 7. The number of aryl methyl sites for hydroxylation is 1. The summed E-state index contributed by atoms with van der Waals surface area (Å²) in [6, 6.07) is 10.8. The fraction of sp³-hybridized carbons (Fsp3) is 0.211. The molecular weight excluding hydrogens is 463 g/mol. The van der Waals surface area contributed by atoms with Gasteiger partial charge in [-0.1, -0.05) is 17.7 Å². The molecule has 0 bridgehead atoms. The number of benzene rings is 1. The molecule has 0 atom stereocenters. The van der Waals surface area contributed by atoms with Gasteiger partial charge in [0.15, 0.2) is 10.4 Å². The number of nitrogens with zero attached hydrogens (tertiary/aromatic N) is 1. The van der Waals surface area contributed by atoms with E-state index in [2.05, 4.69) is 5.32 Å². The second kappa shape index (κ2) is 9.91. The van der Waals surface area contributed by atoms with Crippen LogP contribution in [-0.4, -0.2) is 42.9 Å². The highest BCUT2D eigenvalue weighted by Gasteiger charge is 2.14. The summed E-state index contributed by atoms with van der Waals surface area (Å²) in [5, 5.41) is 2.70. The molecule has 0 radical (unpaired) electrons. The van der Waals surface area contributed by atoms with Crippen LogP contribution in [0.4, 0.5) is 5.69 Å². The monoisotopic (exact) mass is 482 g/mol. The topological polar surface area (TPSA) is 88.9 Å². The number of hydrogen-bond acceptors (Lipinski definition) is 5. The molecule has 1 aromatic carbocycles. The summed E-state index contributed by atoms with van der Waals surface area (Å²) in [4.78, 5) is 36.8. The minimum atomic E-state index is -0.674. The molecule has 0 spiro atoms. The molecule has 0 aliphatic carbocycles. The Labute approximate surface area is 170 Å². The Morgan fingerprint density at radius 1 is 1.19 bits per heavy atom. The van der Waals surface area contributed by atoms with Crippen LogP contribution >= 0.6 is 22.6 Å².